The highest BCUT2D eigenvalue weighted by atomic mass is 19.3. The lowest BCUT2D eigenvalue weighted by Gasteiger charge is -2.08. The minimum absolute atomic E-state index is 0.221. The maximum atomic E-state index is 12.9. The van der Waals surface area contributed by atoms with Crippen LogP contribution in [0.15, 0.2) is 18.2 Å². The molecule has 1 N–H and O–H groups in total. The summed E-state index contributed by atoms with van der Waals surface area (Å²) in [6.45, 7) is 2.54. The molecule has 0 radical (unpaired) electrons. The molecular weight excluding hydrogens is 231 g/mol. The van der Waals surface area contributed by atoms with Crippen molar-refractivity contribution in [3.63, 3.8) is 0 Å². The smallest absolute Gasteiger partial charge is 0.261 e. The van der Waals surface area contributed by atoms with E-state index in [1.165, 1.54) is 12.1 Å². The Hall–Kier alpha value is -1.07. The molecule has 0 bridgehead atoms. The monoisotopic (exact) mass is 247 g/mol. The fraction of sp³-hybridized carbons (Fsp3) is 0.500. The molecule has 2 nitrogen and oxygen atoms in total. The van der Waals surface area contributed by atoms with Crippen LogP contribution >= 0.6 is 0 Å². The number of alkyl halides is 2. The Morgan fingerprint density at radius 1 is 1.35 bits per heavy atom. The molecule has 0 aliphatic rings. The summed E-state index contributed by atoms with van der Waals surface area (Å²) in [4.78, 5) is 0. The van der Waals surface area contributed by atoms with Crippen LogP contribution in [0.3, 0.4) is 0 Å². The molecule has 0 saturated carbocycles. The van der Waals surface area contributed by atoms with E-state index in [4.69, 9.17) is 4.74 Å². The van der Waals surface area contributed by atoms with Gasteiger partial charge < -0.3 is 10.1 Å². The molecule has 0 atom stereocenters. The third-order valence-electron chi connectivity index (χ3n) is 2.29. The maximum Gasteiger partial charge on any atom is 0.261 e. The molecule has 0 fully saturated rings. The maximum absolute atomic E-state index is 12.9. The first kappa shape index (κ1) is 14.0. The number of halogens is 3. The van der Waals surface area contributed by atoms with Gasteiger partial charge in [-0.05, 0) is 30.2 Å². The summed E-state index contributed by atoms with van der Waals surface area (Å²) in [5.74, 6) is -0.277. The van der Waals surface area contributed by atoms with E-state index >= 15 is 0 Å². The van der Waals surface area contributed by atoms with E-state index in [0.29, 0.717) is 13.1 Å². The van der Waals surface area contributed by atoms with Crippen LogP contribution in [0, 0.1) is 12.7 Å². The van der Waals surface area contributed by atoms with Crippen molar-refractivity contribution < 1.29 is 17.9 Å². The molecule has 96 valence electrons. The van der Waals surface area contributed by atoms with Crippen molar-refractivity contribution >= 4 is 0 Å². The number of ether oxygens (including phenoxy) is 1. The fourth-order valence-electron chi connectivity index (χ4n) is 1.37. The average molecular weight is 247 g/mol. The lowest BCUT2D eigenvalue weighted by molar-refractivity contribution is 0.0187. The minimum Gasteiger partial charge on any atom is -0.374 e. The van der Waals surface area contributed by atoms with Crippen molar-refractivity contribution in [2.24, 2.45) is 0 Å². The van der Waals surface area contributed by atoms with Gasteiger partial charge in [-0.15, -0.1) is 0 Å². The first-order chi connectivity index (χ1) is 8.09. The highest BCUT2D eigenvalue weighted by molar-refractivity contribution is 5.26. The van der Waals surface area contributed by atoms with Gasteiger partial charge in [-0.1, -0.05) is 6.07 Å². The van der Waals surface area contributed by atoms with E-state index < -0.39 is 13.0 Å². The van der Waals surface area contributed by atoms with Crippen molar-refractivity contribution in [3.05, 3.63) is 35.1 Å². The standard InChI is InChI=1S/C12H16F3NO/c1-9-2-3-11(13)6-10(9)7-16-4-5-17-8-12(14)15/h2-3,6,12,16H,4-5,7-8H2,1H3. The summed E-state index contributed by atoms with van der Waals surface area (Å²) in [5.41, 5.74) is 1.85. The third-order valence-corrected chi connectivity index (χ3v) is 2.29. The summed E-state index contributed by atoms with van der Waals surface area (Å²) < 4.78 is 41.1. The van der Waals surface area contributed by atoms with Gasteiger partial charge in [0, 0.05) is 13.1 Å². The van der Waals surface area contributed by atoms with Crippen molar-refractivity contribution in [1.29, 1.82) is 0 Å². The van der Waals surface area contributed by atoms with Crippen LogP contribution < -0.4 is 5.32 Å². The summed E-state index contributed by atoms with van der Waals surface area (Å²) >= 11 is 0. The van der Waals surface area contributed by atoms with Crippen LogP contribution in [0.5, 0.6) is 0 Å². The predicted molar refractivity (Wildman–Crippen MR) is 59.7 cm³/mol. The van der Waals surface area contributed by atoms with E-state index in [1.807, 2.05) is 6.92 Å². The Morgan fingerprint density at radius 3 is 2.82 bits per heavy atom. The third kappa shape index (κ3) is 5.70. The van der Waals surface area contributed by atoms with E-state index in [0.717, 1.165) is 11.1 Å². The highest BCUT2D eigenvalue weighted by Crippen LogP contribution is 2.09. The van der Waals surface area contributed by atoms with Gasteiger partial charge in [0.05, 0.1) is 6.61 Å². The van der Waals surface area contributed by atoms with Gasteiger partial charge in [-0.25, -0.2) is 13.2 Å². The van der Waals surface area contributed by atoms with E-state index in [2.05, 4.69) is 5.32 Å². The zero-order chi connectivity index (χ0) is 12.7. The molecule has 0 spiro atoms. The molecule has 0 aliphatic carbocycles. The second-order valence-corrected chi connectivity index (χ2v) is 3.71. The van der Waals surface area contributed by atoms with Gasteiger partial charge in [-0.2, -0.15) is 0 Å². The van der Waals surface area contributed by atoms with Gasteiger partial charge in [-0.3, -0.25) is 0 Å². The first-order valence-corrected chi connectivity index (χ1v) is 5.41. The molecule has 0 heterocycles. The molecule has 0 aromatic heterocycles. The lowest BCUT2D eigenvalue weighted by Crippen LogP contribution is -2.21. The van der Waals surface area contributed by atoms with E-state index in [9.17, 15) is 13.2 Å². The largest absolute Gasteiger partial charge is 0.374 e. The van der Waals surface area contributed by atoms with Crippen molar-refractivity contribution in [1.82, 2.24) is 5.32 Å². The summed E-state index contributed by atoms with van der Waals surface area (Å²) in [7, 11) is 0. The first-order valence-electron chi connectivity index (χ1n) is 5.41. The zero-order valence-electron chi connectivity index (χ0n) is 9.68. The fourth-order valence-corrected chi connectivity index (χ4v) is 1.37. The molecule has 0 amide bonds. The van der Waals surface area contributed by atoms with Gasteiger partial charge in [0.15, 0.2) is 0 Å². The SMILES string of the molecule is Cc1ccc(F)cc1CNCCOCC(F)F. The van der Waals surface area contributed by atoms with Crippen molar-refractivity contribution in [2.45, 2.75) is 19.9 Å². The Morgan fingerprint density at radius 2 is 2.12 bits per heavy atom. The number of hydrogen-bond donors (Lipinski definition) is 1. The second kappa shape index (κ2) is 7.29. The molecule has 1 aromatic carbocycles. The Kier molecular flexibility index (Phi) is 6.00. The number of nitrogens with one attached hydrogen (secondary N) is 1. The van der Waals surface area contributed by atoms with Crippen LogP contribution in [0.1, 0.15) is 11.1 Å². The van der Waals surface area contributed by atoms with Crippen molar-refractivity contribution in [3.8, 4) is 0 Å². The summed E-state index contributed by atoms with van der Waals surface area (Å²) in [6.07, 6.45) is -2.43. The average Bonchev–Trinajstić information content (AvgIpc) is 2.27. The molecule has 1 rings (SSSR count). The minimum atomic E-state index is -2.43. The number of rotatable bonds is 7. The van der Waals surface area contributed by atoms with E-state index in [1.54, 1.807) is 6.07 Å². The van der Waals surface area contributed by atoms with Crippen LogP contribution in [0.25, 0.3) is 0 Å². The van der Waals surface area contributed by atoms with Gasteiger partial charge in [0.25, 0.3) is 6.43 Å². The molecule has 1 aromatic rings. The molecule has 0 aliphatic heterocycles. The number of benzene rings is 1. The lowest BCUT2D eigenvalue weighted by atomic mass is 10.1. The second-order valence-electron chi connectivity index (χ2n) is 3.71. The zero-order valence-corrected chi connectivity index (χ0v) is 9.68. The van der Waals surface area contributed by atoms with Crippen LogP contribution in [0.4, 0.5) is 13.2 Å². The van der Waals surface area contributed by atoms with Gasteiger partial charge in [0.1, 0.15) is 12.4 Å². The number of hydrogen-bond acceptors (Lipinski definition) is 2. The highest BCUT2D eigenvalue weighted by Gasteiger charge is 2.02. The molecule has 17 heavy (non-hydrogen) atoms. The Balaban J connectivity index is 2.20. The summed E-state index contributed by atoms with van der Waals surface area (Å²) in [5, 5.41) is 3.01. The molecule has 0 saturated heterocycles. The predicted octanol–water partition coefficient (Wildman–Crippen LogP) is 2.51. The van der Waals surface area contributed by atoms with Crippen LogP contribution in [0.2, 0.25) is 0 Å². The van der Waals surface area contributed by atoms with Crippen LogP contribution in [-0.2, 0) is 11.3 Å². The number of aryl methyl sites for hydroxylation is 1. The normalized spacial score (nSPS) is 11.1. The Bertz CT molecular complexity index is 345. The van der Waals surface area contributed by atoms with Gasteiger partial charge in [0.2, 0.25) is 0 Å². The molecule has 5 heteroatoms. The van der Waals surface area contributed by atoms with Gasteiger partial charge >= 0.3 is 0 Å². The van der Waals surface area contributed by atoms with Crippen molar-refractivity contribution in [2.75, 3.05) is 19.8 Å². The Labute approximate surface area is 98.8 Å². The quantitative estimate of drug-likeness (QED) is 0.747. The summed E-state index contributed by atoms with van der Waals surface area (Å²) in [6, 6.07) is 4.58. The van der Waals surface area contributed by atoms with E-state index in [-0.39, 0.29) is 12.4 Å². The molecule has 0 unspecified atom stereocenters. The van der Waals surface area contributed by atoms with Crippen LogP contribution in [-0.4, -0.2) is 26.2 Å². The topological polar surface area (TPSA) is 21.3 Å². The molecular formula is C12H16F3NO.